The maximum Gasteiger partial charge on any atom is 0.236 e. The van der Waals surface area contributed by atoms with Gasteiger partial charge in [0.25, 0.3) is 0 Å². The minimum Gasteiger partial charge on any atom is -0.342 e. The van der Waals surface area contributed by atoms with E-state index in [1.54, 1.807) is 0 Å². The lowest BCUT2D eigenvalue weighted by Gasteiger charge is -2.39. The van der Waals surface area contributed by atoms with Crippen molar-refractivity contribution in [3.05, 3.63) is 66.2 Å². The van der Waals surface area contributed by atoms with Crippen molar-refractivity contribution in [3.8, 4) is 0 Å². The van der Waals surface area contributed by atoms with Gasteiger partial charge in [-0.2, -0.15) is 0 Å². The van der Waals surface area contributed by atoms with Gasteiger partial charge in [-0.1, -0.05) is 48.5 Å². The number of piperidine rings is 2. The zero-order valence-corrected chi connectivity index (χ0v) is 21.4. The molecule has 0 bridgehead atoms. The predicted octanol–water partition coefficient (Wildman–Crippen LogP) is 4.24. The standard InChI is InChI=1S/C30H40N4O2/c35-29(33-19-15-25(16-20-33)30(36)31-27-12-5-2-6-13-27)23-34-18-8-14-28(34)26-11-7-17-32(22-26)21-24-9-3-1-4-10-24/h1-6,9-10,12-13,25-26,28H,7-8,11,14-23H2,(H,31,36). The molecule has 2 aromatic carbocycles. The van der Waals surface area contributed by atoms with Crippen LogP contribution in [0, 0.1) is 11.8 Å². The Hall–Kier alpha value is -2.70. The molecule has 0 aliphatic carbocycles. The van der Waals surface area contributed by atoms with E-state index < -0.39 is 0 Å². The van der Waals surface area contributed by atoms with E-state index in [0.29, 0.717) is 31.6 Å². The normalized spacial score (nSPS) is 24.1. The molecule has 36 heavy (non-hydrogen) atoms. The molecule has 0 aromatic heterocycles. The van der Waals surface area contributed by atoms with Gasteiger partial charge in [0.1, 0.15) is 0 Å². The van der Waals surface area contributed by atoms with Crippen LogP contribution < -0.4 is 5.32 Å². The van der Waals surface area contributed by atoms with E-state index in [1.165, 1.54) is 37.8 Å². The molecule has 3 aliphatic heterocycles. The molecule has 3 aliphatic rings. The molecule has 5 rings (SSSR count). The first-order valence-electron chi connectivity index (χ1n) is 13.8. The molecule has 0 radical (unpaired) electrons. The van der Waals surface area contributed by atoms with Crippen LogP contribution >= 0.6 is 0 Å². The molecule has 0 saturated carbocycles. The number of para-hydroxylation sites is 1. The summed E-state index contributed by atoms with van der Waals surface area (Å²) in [5.41, 5.74) is 2.23. The van der Waals surface area contributed by atoms with Crippen molar-refractivity contribution in [2.45, 2.75) is 51.1 Å². The molecule has 6 heteroatoms. The fraction of sp³-hybridized carbons (Fsp3) is 0.533. The Kier molecular flexibility index (Phi) is 8.34. The summed E-state index contributed by atoms with van der Waals surface area (Å²) >= 11 is 0. The Bertz CT molecular complexity index is 991. The van der Waals surface area contributed by atoms with E-state index in [2.05, 4.69) is 45.4 Å². The zero-order valence-electron chi connectivity index (χ0n) is 21.4. The quantitative estimate of drug-likeness (QED) is 0.633. The first-order valence-corrected chi connectivity index (χ1v) is 13.8. The highest BCUT2D eigenvalue weighted by Crippen LogP contribution is 2.31. The van der Waals surface area contributed by atoms with Gasteiger partial charge in [0.15, 0.2) is 0 Å². The highest BCUT2D eigenvalue weighted by molar-refractivity contribution is 5.92. The number of carbonyl (C=O) groups is 2. The lowest BCUT2D eigenvalue weighted by molar-refractivity contribution is -0.136. The highest BCUT2D eigenvalue weighted by atomic mass is 16.2. The second kappa shape index (κ2) is 12.0. The maximum absolute atomic E-state index is 13.2. The monoisotopic (exact) mass is 488 g/mol. The van der Waals surface area contributed by atoms with Crippen LogP contribution in [0.15, 0.2) is 60.7 Å². The van der Waals surface area contributed by atoms with E-state index in [0.717, 1.165) is 38.2 Å². The Balaban J connectivity index is 1.09. The smallest absolute Gasteiger partial charge is 0.236 e. The molecule has 2 aromatic rings. The number of nitrogens with one attached hydrogen (secondary N) is 1. The highest BCUT2D eigenvalue weighted by Gasteiger charge is 2.36. The predicted molar refractivity (Wildman–Crippen MR) is 143 cm³/mol. The second-order valence-corrected chi connectivity index (χ2v) is 10.8. The number of likely N-dealkylation sites (tertiary alicyclic amines) is 3. The summed E-state index contributed by atoms with van der Waals surface area (Å²) in [6.45, 7) is 6.24. The van der Waals surface area contributed by atoms with E-state index in [-0.39, 0.29) is 17.7 Å². The summed E-state index contributed by atoms with van der Waals surface area (Å²) in [4.78, 5) is 32.9. The number of anilines is 1. The Labute approximate surface area is 215 Å². The Morgan fingerprint density at radius 1 is 0.806 bits per heavy atom. The summed E-state index contributed by atoms with van der Waals surface area (Å²) in [5, 5.41) is 3.02. The van der Waals surface area contributed by atoms with Gasteiger partial charge >= 0.3 is 0 Å². The number of hydrogen-bond acceptors (Lipinski definition) is 4. The van der Waals surface area contributed by atoms with Crippen molar-refractivity contribution in [2.75, 3.05) is 44.6 Å². The van der Waals surface area contributed by atoms with E-state index in [9.17, 15) is 9.59 Å². The van der Waals surface area contributed by atoms with E-state index >= 15 is 0 Å². The first-order chi connectivity index (χ1) is 17.7. The van der Waals surface area contributed by atoms with Gasteiger partial charge in [-0.25, -0.2) is 0 Å². The number of carbonyl (C=O) groups excluding carboxylic acids is 2. The van der Waals surface area contributed by atoms with Crippen LogP contribution in [0.4, 0.5) is 5.69 Å². The van der Waals surface area contributed by atoms with Gasteiger partial charge in [-0.15, -0.1) is 0 Å². The summed E-state index contributed by atoms with van der Waals surface area (Å²) in [6.07, 6.45) is 6.39. The average Bonchev–Trinajstić information content (AvgIpc) is 3.38. The van der Waals surface area contributed by atoms with Crippen molar-refractivity contribution in [2.24, 2.45) is 11.8 Å². The number of hydrogen-bond donors (Lipinski definition) is 1. The minimum atomic E-state index is -0.0216. The summed E-state index contributed by atoms with van der Waals surface area (Å²) in [6, 6.07) is 20.9. The summed E-state index contributed by atoms with van der Waals surface area (Å²) in [5.74, 6) is 0.933. The molecule has 1 N–H and O–H groups in total. The molecule has 0 spiro atoms. The van der Waals surface area contributed by atoms with Gasteiger partial charge in [0.2, 0.25) is 11.8 Å². The third kappa shape index (κ3) is 6.34. The van der Waals surface area contributed by atoms with Gasteiger partial charge in [0.05, 0.1) is 6.54 Å². The molecule has 3 saturated heterocycles. The Morgan fingerprint density at radius 3 is 2.25 bits per heavy atom. The molecule has 2 atom stereocenters. The van der Waals surface area contributed by atoms with Crippen molar-refractivity contribution < 1.29 is 9.59 Å². The third-order valence-electron chi connectivity index (χ3n) is 8.35. The number of rotatable bonds is 7. The SMILES string of the molecule is O=C(Nc1ccccc1)C1CCN(C(=O)CN2CCCC2C2CCCN(Cc3ccccc3)C2)CC1. The van der Waals surface area contributed by atoms with Crippen LogP contribution in [0.2, 0.25) is 0 Å². The van der Waals surface area contributed by atoms with Crippen LogP contribution in [-0.4, -0.2) is 71.8 Å². The van der Waals surface area contributed by atoms with Crippen LogP contribution in [0.1, 0.15) is 44.1 Å². The van der Waals surface area contributed by atoms with Crippen molar-refractivity contribution in [3.63, 3.8) is 0 Å². The van der Waals surface area contributed by atoms with Gasteiger partial charge < -0.3 is 10.2 Å². The fourth-order valence-electron chi connectivity index (χ4n) is 6.40. The van der Waals surface area contributed by atoms with E-state index in [4.69, 9.17) is 0 Å². The second-order valence-electron chi connectivity index (χ2n) is 10.8. The largest absolute Gasteiger partial charge is 0.342 e. The average molecular weight is 489 g/mol. The van der Waals surface area contributed by atoms with Crippen LogP contribution in [-0.2, 0) is 16.1 Å². The molecule has 3 fully saturated rings. The molecule has 192 valence electrons. The van der Waals surface area contributed by atoms with Gasteiger partial charge in [0, 0.05) is 43.8 Å². The molecule has 2 amide bonds. The minimum absolute atomic E-state index is 0.0216. The fourth-order valence-corrected chi connectivity index (χ4v) is 6.40. The lowest BCUT2D eigenvalue weighted by atomic mass is 9.89. The number of amides is 2. The first kappa shape index (κ1) is 25.0. The van der Waals surface area contributed by atoms with Gasteiger partial charge in [-0.3, -0.25) is 19.4 Å². The topological polar surface area (TPSA) is 55.9 Å². The van der Waals surface area contributed by atoms with Crippen LogP contribution in [0.5, 0.6) is 0 Å². The van der Waals surface area contributed by atoms with Crippen molar-refractivity contribution in [1.29, 1.82) is 0 Å². The van der Waals surface area contributed by atoms with E-state index in [1.807, 2.05) is 35.2 Å². The molecule has 2 unspecified atom stereocenters. The molecule has 3 heterocycles. The number of benzene rings is 2. The zero-order chi connectivity index (χ0) is 24.7. The number of nitrogens with zero attached hydrogens (tertiary/aromatic N) is 3. The third-order valence-corrected chi connectivity index (χ3v) is 8.35. The Morgan fingerprint density at radius 2 is 1.50 bits per heavy atom. The molecule has 6 nitrogen and oxygen atoms in total. The van der Waals surface area contributed by atoms with Gasteiger partial charge in [-0.05, 0) is 75.2 Å². The van der Waals surface area contributed by atoms with Crippen LogP contribution in [0.25, 0.3) is 0 Å². The molecular weight excluding hydrogens is 448 g/mol. The summed E-state index contributed by atoms with van der Waals surface area (Å²) < 4.78 is 0. The van der Waals surface area contributed by atoms with Crippen molar-refractivity contribution in [1.82, 2.24) is 14.7 Å². The molecular formula is C30H40N4O2. The maximum atomic E-state index is 13.2. The van der Waals surface area contributed by atoms with Crippen molar-refractivity contribution >= 4 is 17.5 Å². The lowest BCUT2D eigenvalue weighted by Crippen LogP contribution is -2.49. The van der Waals surface area contributed by atoms with Crippen LogP contribution in [0.3, 0.4) is 0 Å². The summed E-state index contributed by atoms with van der Waals surface area (Å²) in [7, 11) is 0.